The maximum absolute atomic E-state index is 12.5. The lowest BCUT2D eigenvalue weighted by Gasteiger charge is -2.11. The summed E-state index contributed by atoms with van der Waals surface area (Å²) in [7, 11) is -1.13. The second-order valence-corrected chi connectivity index (χ2v) is 5.82. The van der Waals surface area contributed by atoms with Crippen LogP contribution in [0.3, 0.4) is 0 Å². The van der Waals surface area contributed by atoms with Crippen molar-refractivity contribution in [3.8, 4) is 0 Å². The van der Waals surface area contributed by atoms with Gasteiger partial charge in [0.15, 0.2) is 0 Å². The summed E-state index contributed by atoms with van der Waals surface area (Å²) in [5.41, 5.74) is 6.90. The molecule has 0 aliphatic rings. The fourth-order valence-electron chi connectivity index (χ4n) is 1.87. The molecule has 0 aliphatic heterocycles. The summed E-state index contributed by atoms with van der Waals surface area (Å²) in [6, 6.07) is 17.4. The molecule has 0 saturated heterocycles. The monoisotopic (exact) mass is 259 g/mol. The average molecular weight is 259 g/mol. The summed E-state index contributed by atoms with van der Waals surface area (Å²) in [4.78, 5) is 1.69. The lowest BCUT2D eigenvalue weighted by molar-refractivity contribution is 0.679. The minimum atomic E-state index is -1.13. The molecule has 18 heavy (non-hydrogen) atoms. The van der Waals surface area contributed by atoms with Gasteiger partial charge in [-0.3, -0.25) is 0 Å². The Balaban J connectivity index is 2.36. The summed E-state index contributed by atoms with van der Waals surface area (Å²) in [6.45, 7) is 1.96. The van der Waals surface area contributed by atoms with E-state index in [4.69, 9.17) is 5.73 Å². The summed E-state index contributed by atoms with van der Waals surface area (Å²) in [6.07, 6.45) is 0.745. The van der Waals surface area contributed by atoms with Gasteiger partial charge in [-0.1, -0.05) is 36.4 Å². The third-order valence-corrected chi connectivity index (χ3v) is 4.17. The first-order valence-electron chi connectivity index (χ1n) is 5.99. The van der Waals surface area contributed by atoms with E-state index in [2.05, 4.69) is 0 Å². The van der Waals surface area contributed by atoms with Gasteiger partial charge in [-0.05, 0) is 37.1 Å². The van der Waals surface area contributed by atoms with Crippen molar-refractivity contribution in [3.05, 3.63) is 60.2 Å². The zero-order valence-electron chi connectivity index (χ0n) is 10.4. The van der Waals surface area contributed by atoms with Crippen LogP contribution in [0.1, 0.15) is 12.5 Å². The Morgan fingerprint density at radius 3 is 2.33 bits per heavy atom. The van der Waals surface area contributed by atoms with Gasteiger partial charge in [-0.15, -0.1) is 0 Å². The number of benzene rings is 2. The zero-order valence-corrected chi connectivity index (χ0v) is 11.2. The molecule has 0 bridgehead atoms. The van der Waals surface area contributed by atoms with Gasteiger partial charge >= 0.3 is 0 Å². The topological polar surface area (TPSA) is 43.1 Å². The Morgan fingerprint density at radius 1 is 1.06 bits per heavy atom. The number of hydrogen-bond acceptors (Lipinski definition) is 2. The van der Waals surface area contributed by atoms with Crippen molar-refractivity contribution in [2.45, 2.75) is 29.2 Å². The van der Waals surface area contributed by atoms with Gasteiger partial charge in [-0.2, -0.15) is 0 Å². The quantitative estimate of drug-likeness (QED) is 0.917. The van der Waals surface area contributed by atoms with E-state index in [1.807, 2.05) is 61.5 Å². The van der Waals surface area contributed by atoms with E-state index in [0.29, 0.717) is 0 Å². The average Bonchev–Trinajstić information content (AvgIpc) is 2.39. The fraction of sp³-hybridized carbons (Fsp3) is 0.200. The van der Waals surface area contributed by atoms with Crippen molar-refractivity contribution in [1.29, 1.82) is 0 Å². The van der Waals surface area contributed by atoms with Crippen LogP contribution < -0.4 is 5.73 Å². The smallest absolute Gasteiger partial charge is 0.0852 e. The second kappa shape index (κ2) is 5.94. The van der Waals surface area contributed by atoms with Crippen molar-refractivity contribution in [1.82, 2.24) is 0 Å². The maximum Gasteiger partial charge on any atom is 0.0852 e. The highest BCUT2D eigenvalue weighted by Crippen LogP contribution is 2.20. The van der Waals surface area contributed by atoms with Crippen molar-refractivity contribution in [2.75, 3.05) is 0 Å². The number of nitrogens with two attached hydrogens (primary N) is 1. The van der Waals surface area contributed by atoms with Crippen molar-refractivity contribution < 1.29 is 4.21 Å². The van der Waals surface area contributed by atoms with Gasteiger partial charge in [0.05, 0.1) is 10.8 Å². The summed E-state index contributed by atoms with van der Waals surface area (Å²) in [5, 5.41) is 0. The van der Waals surface area contributed by atoms with Crippen LogP contribution in [-0.4, -0.2) is 10.3 Å². The molecule has 0 unspecified atom stereocenters. The molecule has 0 fully saturated rings. The van der Waals surface area contributed by atoms with E-state index in [-0.39, 0.29) is 6.04 Å². The molecule has 94 valence electrons. The molecule has 2 atom stereocenters. The normalized spacial score (nSPS) is 14.1. The lowest BCUT2D eigenvalue weighted by atomic mass is 10.1. The van der Waals surface area contributed by atoms with E-state index in [0.717, 1.165) is 21.8 Å². The maximum atomic E-state index is 12.5. The van der Waals surface area contributed by atoms with Crippen LogP contribution in [0.2, 0.25) is 0 Å². The highest BCUT2D eigenvalue weighted by molar-refractivity contribution is 7.85. The molecule has 2 aromatic carbocycles. The summed E-state index contributed by atoms with van der Waals surface area (Å²) in [5.74, 6) is 0. The highest BCUT2D eigenvalue weighted by atomic mass is 32.2. The zero-order chi connectivity index (χ0) is 13.0. The SMILES string of the molecule is C[C@@H](N)Cc1ccccc1[S@@](=O)c1ccccc1. The third-order valence-electron chi connectivity index (χ3n) is 2.67. The predicted molar refractivity (Wildman–Crippen MR) is 74.9 cm³/mol. The molecule has 0 aromatic heterocycles. The number of hydrogen-bond donors (Lipinski definition) is 1. The minimum Gasteiger partial charge on any atom is -0.328 e. The molecule has 3 heteroatoms. The molecular weight excluding hydrogens is 242 g/mol. The largest absolute Gasteiger partial charge is 0.328 e. The van der Waals surface area contributed by atoms with Gasteiger partial charge < -0.3 is 5.73 Å². The predicted octanol–water partition coefficient (Wildman–Crippen LogP) is 2.74. The van der Waals surface area contributed by atoms with E-state index in [9.17, 15) is 4.21 Å². The van der Waals surface area contributed by atoms with Gasteiger partial charge in [0.2, 0.25) is 0 Å². The molecule has 0 spiro atoms. The van der Waals surface area contributed by atoms with E-state index >= 15 is 0 Å². The first-order chi connectivity index (χ1) is 8.68. The first-order valence-corrected chi connectivity index (χ1v) is 7.14. The van der Waals surface area contributed by atoms with Gasteiger partial charge in [0.25, 0.3) is 0 Å². The minimum absolute atomic E-state index is 0.0684. The van der Waals surface area contributed by atoms with E-state index in [1.165, 1.54) is 0 Å². The van der Waals surface area contributed by atoms with E-state index < -0.39 is 10.8 Å². The Hall–Kier alpha value is -1.45. The second-order valence-electron chi connectivity index (χ2n) is 4.37. The van der Waals surface area contributed by atoms with Crippen molar-refractivity contribution >= 4 is 10.8 Å². The molecule has 0 radical (unpaired) electrons. The van der Waals surface area contributed by atoms with Crippen molar-refractivity contribution in [2.24, 2.45) is 5.73 Å². The van der Waals surface area contributed by atoms with Crippen LogP contribution in [0.4, 0.5) is 0 Å². The lowest BCUT2D eigenvalue weighted by Crippen LogP contribution is -2.18. The van der Waals surface area contributed by atoms with Gasteiger partial charge in [0.1, 0.15) is 0 Å². The standard InChI is InChI=1S/C15H17NOS/c1-12(16)11-13-7-5-6-10-15(13)18(17)14-8-3-2-4-9-14/h2-10,12H,11,16H2,1H3/t12-,18+/m1/s1. The van der Waals surface area contributed by atoms with Crippen LogP contribution in [0.15, 0.2) is 64.4 Å². The molecule has 2 aromatic rings. The molecule has 0 saturated carbocycles. The van der Waals surface area contributed by atoms with Gasteiger partial charge in [0, 0.05) is 15.8 Å². The molecule has 2 N–H and O–H groups in total. The van der Waals surface area contributed by atoms with Crippen LogP contribution in [0.5, 0.6) is 0 Å². The Morgan fingerprint density at radius 2 is 1.67 bits per heavy atom. The van der Waals surface area contributed by atoms with Gasteiger partial charge in [-0.25, -0.2) is 4.21 Å². The summed E-state index contributed by atoms with van der Waals surface area (Å²) < 4.78 is 12.5. The first kappa shape index (κ1) is 13.0. The molecule has 0 aliphatic carbocycles. The fourth-order valence-corrected chi connectivity index (χ4v) is 3.12. The molecule has 0 amide bonds. The van der Waals surface area contributed by atoms with Crippen molar-refractivity contribution in [3.63, 3.8) is 0 Å². The van der Waals surface area contributed by atoms with Crippen LogP contribution in [-0.2, 0) is 17.2 Å². The molecule has 0 heterocycles. The van der Waals surface area contributed by atoms with Crippen LogP contribution >= 0.6 is 0 Å². The summed E-state index contributed by atoms with van der Waals surface area (Å²) >= 11 is 0. The molecular formula is C15H17NOS. The molecule has 2 rings (SSSR count). The Bertz CT molecular complexity index is 537. The van der Waals surface area contributed by atoms with Crippen LogP contribution in [0, 0.1) is 0 Å². The Labute approximate surface area is 110 Å². The number of rotatable bonds is 4. The Kier molecular flexibility index (Phi) is 4.28. The van der Waals surface area contributed by atoms with E-state index in [1.54, 1.807) is 0 Å². The third kappa shape index (κ3) is 3.06. The highest BCUT2D eigenvalue weighted by Gasteiger charge is 2.12. The molecule has 2 nitrogen and oxygen atoms in total. The van der Waals surface area contributed by atoms with Crippen LogP contribution in [0.25, 0.3) is 0 Å².